The van der Waals surface area contributed by atoms with Gasteiger partial charge in [0.25, 0.3) is 0 Å². The summed E-state index contributed by atoms with van der Waals surface area (Å²) in [5.41, 5.74) is 2.83. The summed E-state index contributed by atoms with van der Waals surface area (Å²) in [6.07, 6.45) is 3.81. The van der Waals surface area contributed by atoms with Crippen molar-refractivity contribution in [3.63, 3.8) is 0 Å². The number of ketones is 1. The van der Waals surface area contributed by atoms with Crippen molar-refractivity contribution in [3.05, 3.63) is 64.8 Å². The van der Waals surface area contributed by atoms with Gasteiger partial charge in [-0.1, -0.05) is 48.0 Å². The molecular formula is C23H26ClN3O. The van der Waals surface area contributed by atoms with Crippen molar-refractivity contribution in [3.8, 4) is 0 Å². The first kappa shape index (κ1) is 19.2. The smallest absolute Gasteiger partial charge is 0.183 e. The quantitative estimate of drug-likeness (QED) is 0.545. The zero-order valence-corrected chi connectivity index (χ0v) is 17.0. The van der Waals surface area contributed by atoms with Crippen molar-refractivity contribution in [1.82, 2.24) is 14.7 Å². The van der Waals surface area contributed by atoms with Crippen LogP contribution in [0.15, 0.2) is 48.5 Å². The second kappa shape index (κ2) is 8.46. The van der Waals surface area contributed by atoms with Crippen LogP contribution in [0, 0.1) is 5.92 Å². The van der Waals surface area contributed by atoms with E-state index < -0.39 is 0 Å². The monoisotopic (exact) mass is 395 g/mol. The molecule has 0 aliphatic carbocycles. The van der Waals surface area contributed by atoms with E-state index in [1.807, 2.05) is 49.5 Å². The van der Waals surface area contributed by atoms with Crippen LogP contribution in [0.1, 0.15) is 41.7 Å². The van der Waals surface area contributed by atoms with Crippen molar-refractivity contribution in [2.24, 2.45) is 13.0 Å². The number of benzene rings is 2. The normalized spacial score (nSPS) is 15.9. The molecule has 2 heterocycles. The first-order valence-electron chi connectivity index (χ1n) is 10.0. The number of nitrogens with zero attached hydrogens (tertiary/aromatic N) is 3. The molecule has 1 aliphatic rings. The van der Waals surface area contributed by atoms with Crippen LogP contribution in [-0.2, 0) is 13.6 Å². The molecule has 1 saturated heterocycles. The number of aryl methyl sites for hydroxylation is 1. The largest absolute Gasteiger partial charge is 0.299 e. The highest BCUT2D eigenvalue weighted by molar-refractivity contribution is 6.31. The molecule has 0 unspecified atom stereocenters. The molecule has 146 valence electrons. The fourth-order valence-corrected chi connectivity index (χ4v) is 4.37. The molecular weight excluding hydrogens is 370 g/mol. The summed E-state index contributed by atoms with van der Waals surface area (Å²) in [6.45, 7) is 3.04. The number of fused-ring (bicyclic) bond motifs is 1. The maximum absolute atomic E-state index is 12.8. The Morgan fingerprint density at radius 3 is 2.61 bits per heavy atom. The Morgan fingerprint density at radius 1 is 1.11 bits per heavy atom. The number of piperidine rings is 1. The molecule has 0 amide bonds. The van der Waals surface area contributed by atoms with Gasteiger partial charge in [-0.15, -0.1) is 0 Å². The lowest BCUT2D eigenvalue weighted by Crippen LogP contribution is -2.33. The molecule has 0 radical (unpaired) electrons. The maximum Gasteiger partial charge on any atom is 0.183 e. The molecule has 0 N–H and O–H groups in total. The van der Waals surface area contributed by atoms with Gasteiger partial charge in [-0.2, -0.15) is 5.10 Å². The Hall–Kier alpha value is -2.17. The number of rotatable bonds is 6. The van der Waals surface area contributed by atoms with Crippen LogP contribution in [-0.4, -0.2) is 33.6 Å². The number of carbonyl (C=O) groups excluding carboxylic acids is 1. The molecule has 4 rings (SSSR count). The zero-order chi connectivity index (χ0) is 19.5. The van der Waals surface area contributed by atoms with Crippen LogP contribution < -0.4 is 0 Å². The van der Waals surface area contributed by atoms with Gasteiger partial charge in [0.2, 0.25) is 0 Å². The van der Waals surface area contributed by atoms with Gasteiger partial charge in [-0.3, -0.25) is 14.4 Å². The van der Waals surface area contributed by atoms with Crippen LogP contribution in [0.3, 0.4) is 0 Å². The lowest BCUT2D eigenvalue weighted by molar-refractivity contribution is 0.0957. The third-order valence-electron chi connectivity index (χ3n) is 5.86. The summed E-state index contributed by atoms with van der Waals surface area (Å²) in [5.74, 6) is 0.775. The Kier molecular flexibility index (Phi) is 5.79. The lowest BCUT2D eigenvalue weighted by atomic mass is 9.90. The molecule has 1 fully saturated rings. The molecule has 0 bridgehead atoms. The number of halogens is 1. The fourth-order valence-electron chi connectivity index (χ4n) is 4.17. The number of para-hydroxylation sites is 1. The summed E-state index contributed by atoms with van der Waals surface area (Å²) < 4.78 is 1.80. The van der Waals surface area contributed by atoms with E-state index in [1.165, 1.54) is 5.56 Å². The van der Waals surface area contributed by atoms with Gasteiger partial charge >= 0.3 is 0 Å². The minimum atomic E-state index is 0.162. The van der Waals surface area contributed by atoms with Gasteiger partial charge < -0.3 is 0 Å². The molecule has 3 aromatic rings. The van der Waals surface area contributed by atoms with Crippen LogP contribution in [0.4, 0.5) is 0 Å². The first-order chi connectivity index (χ1) is 13.6. The zero-order valence-electron chi connectivity index (χ0n) is 16.3. The topological polar surface area (TPSA) is 38.1 Å². The SMILES string of the molecule is Cn1nc(C(=O)CCC2CCN(Cc3ccccc3Cl)CC2)c2ccccc21. The minimum absolute atomic E-state index is 0.162. The summed E-state index contributed by atoms with van der Waals surface area (Å²) in [7, 11) is 1.90. The van der Waals surface area contributed by atoms with Crippen molar-refractivity contribution < 1.29 is 4.79 Å². The van der Waals surface area contributed by atoms with E-state index in [2.05, 4.69) is 16.1 Å². The van der Waals surface area contributed by atoms with Gasteiger partial charge in [-0.25, -0.2) is 0 Å². The van der Waals surface area contributed by atoms with Gasteiger partial charge in [-0.05, 0) is 56.0 Å². The van der Waals surface area contributed by atoms with Crippen molar-refractivity contribution in [2.45, 2.75) is 32.2 Å². The van der Waals surface area contributed by atoms with E-state index in [1.54, 1.807) is 4.68 Å². The van der Waals surface area contributed by atoms with Gasteiger partial charge in [0.05, 0.1) is 5.52 Å². The summed E-state index contributed by atoms with van der Waals surface area (Å²) in [5, 5.41) is 6.27. The molecule has 1 aliphatic heterocycles. The van der Waals surface area contributed by atoms with E-state index >= 15 is 0 Å². The van der Waals surface area contributed by atoms with Crippen LogP contribution in [0.25, 0.3) is 10.9 Å². The van der Waals surface area contributed by atoms with Crippen LogP contribution >= 0.6 is 11.6 Å². The van der Waals surface area contributed by atoms with Gasteiger partial charge in [0, 0.05) is 30.4 Å². The number of hydrogen-bond acceptors (Lipinski definition) is 3. The predicted molar refractivity (Wildman–Crippen MR) is 114 cm³/mol. The molecule has 0 atom stereocenters. The Morgan fingerprint density at radius 2 is 1.82 bits per heavy atom. The molecule has 2 aromatic carbocycles. The highest BCUT2D eigenvalue weighted by Gasteiger charge is 2.22. The molecule has 28 heavy (non-hydrogen) atoms. The third kappa shape index (κ3) is 4.13. The van der Waals surface area contributed by atoms with E-state index in [4.69, 9.17) is 11.6 Å². The van der Waals surface area contributed by atoms with E-state index in [-0.39, 0.29) is 5.78 Å². The predicted octanol–water partition coefficient (Wildman–Crippen LogP) is 5.10. The van der Waals surface area contributed by atoms with Crippen LogP contribution in [0.2, 0.25) is 5.02 Å². The second-order valence-corrected chi connectivity index (χ2v) is 8.17. The molecule has 4 nitrogen and oxygen atoms in total. The number of likely N-dealkylation sites (tertiary alicyclic amines) is 1. The second-order valence-electron chi connectivity index (χ2n) is 7.76. The average molecular weight is 396 g/mol. The summed E-state index contributed by atoms with van der Waals surface area (Å²) >= 11 is 6.29. The van der Waals surface area contributed by atoms with E-state index in [9.17, 15) is 4.79 Å². The molecule has 5 heteroatoms. The average Bonchev–Trinajstić information content (AvgIpc) is 3.06. The highest BCUT2D eigenvalue weighted by atomic mass is 35.5. The standard InChI is InChI=1S/C23H26ClN3O/c1-26-21-9-5-3-7-19(21)23(25-26)22(28)11-10-17-12-14-27(15-13-17)16-18-6-2-4-8-20(18)24/h2-9,17H,10-16H2,1H3. The van der Waals surface area contributed by atoms with Gasteiger partial charge in [0.1, 0.15) is 5.69 Å². The van der Waals surface area contributed by atoms with E-state index in [0.717, 1.165) is 54.8 Å². The third-order valence-corrected chi connectivity index (χ3v) is 6.23. The van der Waals surface area contributed by atoms with Crippen molar-refractivity contribution >= 4 is 28.3 Å². The summed E-state index contributed by atoms with van der Waals surface area (Å²) in [4.78, 5) is 15.2. The maximum atomic E-state index is 12.8. The Labute approximate surface area is 171 Å². The first-order valence-corrected chi connectivity index (χ1v) is 10.4. The molecule has 0 saturated carbocycles. The van der Waals surface area contributed by atoms with Crippen molar-refractivity contribution in [1.29, 1.82) is 0 Å². The highest BCUT2D eigenvalue weighted by Crippen LogP contribution is 2.26. The Balaban J connectivity index is 1.29. The Bertz CT molecular complexity index is 973. The number of aromatic nitrogens is 2. The molecule has 1 aromatic heterocycles. The molecule has 0 spiro atoms. The lowest BCUT2D eigenvalue weighted by Gasteiger charge is -2.32. The fraction of sp³-hybridized carbons (Fsp3) is 0.391. The summed E-state index contributed by atoms with van der Waals surface area (Å²) in [6, 6.07) is 16.0. The number of Topliss-reactive ketones (excluding diaryl/α,β-unsaturated/α-hetero) is 1. The number of carbonyl (C=O) groups is 1. The van der Waals surface area contributed by atoms with E-state index in [0.29, 0.717) is 18.0 Å². The van der Waals surface area contributed by atoms with Gasteiger partial charge in [0.15, 0.2) is 5.78 Å². The number of hydrogen-bond donors (Lipinski definition) is 0. The van der Waals surface area contributed by atoms with Crippen LogP contribution in [0.5, 0.6) is 0 Å². The minimum Gasteiger partial charge on any atom is -0.299 e. The van der Waals surface area contributed by atoms with Crippen molar-refractivity contribution in [2.75, 3.05) is 13.1 Å².